The normalized spacial score (nSPS) is 46.2. The highest BCUT2D eigenvalue weighted by Gasteiger charge is 2.77. The number of rotatable bonds is 2. The minimum atomic E-state index is -2.18. The van der Waals surface area contributed by atoms with Crippen LogP contribution >= 0.6 is 0 Å². The Bertz CT molecular complexity index is 1170. The van der Waals surface area contributed by atoms with Crippen LogP contribution in [0.15, 0.2) is 24.3 Å². The molecule has 1 N–H and O–H groups in total. The SMILES string of the molecule is C=C1C[C@H]2[C@]3(C)C=CC(=O)C(C)(C)[C@H]3[C@@H](OC(C)=O)[C@@H](O)[C@]2(C)[C@@H]2C(=O)O[C@](C)(C(=O)OC)C(=O)[C@]12C. The van der Waals surface area contributed by atoms with Crippen molar-refractivity contribution in [3.63, 3.8) is 0 Å². The Morgan fingerprint density at radius 2 is 1.70 bits per heavy atom. The number of ether oxygens (including phenoxy) is 3. The number of carbonyl (C=O) groups is 5. The van der Waals surface area contributed by atoms with E-state index in [1.165, 1.54) is 19.9 Å². The number of ketones is 2. The minimum Gasteiger partial charge on any atom is -0.466 e. The maximum Gasteiger partial charge on any atom is 0.358 e. The van der Waals surface area contributed by atoms with E-state index in [9.17, 15) is 29.1 Å². The number of hydrogen-bond donors (Lipinski definition) is 1. The average molecular weight is 517 g/mol. The van der Waals surface area contributed by atoms with Crippen LogP contribution in [0.3, 0.4) is 0 Å². The van der Waals surface area contributed by atoms with Crippen LogP contribution in [0.4, 0.5) is 0 Å². The molecule has 0 aromatic rings. The fourth-order valence-corrected chi connectivity index (χ4v) is 8.35. The summed E-state index contributed by atoms with van der Waals surface area (Å²) in [7, 11) is 1.10. The van der Waals surface area contributed by atoms with Gasteiger partial charge in [0, 0.05) is 23.7 Å². The van der Waals surface area contributed by atoms with E-state index in [2.05, 4.69) is 6.58 Å². The molecule has 1 heterocycles. The maximum absolute atomic E-state index is 14.0. The molecule has 1 aliphatic heterocycles. The van der Waals surface area contributed by atoms with Crippen LogP contribution in [0.25, 0.3) is 0 Å². The van der Waals surface area contributed by atoms with Gasteiger partial charge in [-0.05, 0) is 37.7 Å². The van der Waals surface area contributed by atoms with Gasteiger partial charge in [-0.15, -0.1) is 0 Å². The van der Waals surface area contributed by atoms with Crippen LogP contribution < -0.4 is 0 Å². The van der Waals surface area contributed by atoms with Crippen molar-refractivity contribution in [2.75, 3.05) is 7.11 Å². The van der Waals surface area contributed by atoms with Gasteiger partial charge in [0.1, 0.15) is 6.10 Å². The van der Waals surface area contributed by atoms with Crippen molar-refractivity contribution in [1.82, 2.24) is 0 Å². The zero-order valence-corrected chi connectivity index (χ0v) is 22.7. The van der Waals surface area contributed by atoms with Gasteiger partial charge in [-0.25, -0.2) is 4.79 Å². The molecule has 0 aromatic heterocycles. The summed E-state index contributed by atoms with van der Waals surface area (Å²) in [5.74, 6) is -5.68. The van der Waals surface area contributed by atoms with Crippen LogP contribution in [0.2, 0.25) is 0 Å². The quantitative estimate of drug-likeness (QED) is 0.254. The van der Waals surface area contributed by atoms with E-state index >= 15 is 0 Å². The smallest absolute Gasteiger partial charge is 0.358 e. The standard InChI is InChI=1S/C28H36O9/c1-13-12-15-25(5)11-10-16(30)24(3,4)18(25)17(36-14(2)29)20(31)27(15,7)19-21(32)37-28(8,23(34)35-9)22(33)26(13,19)6/h10-11,15,17-20,31H,1,12H2,2-9H3/t15-,17+,18+,19+,20+,25-,26+,27-,28-/m0/s1. The first-order chi connectivity index (χ1) is 16.9. The summed E-state index contributed by atoms with van der Waals surface area (Å²) in [5, 5.41) is 12.0. The average Bonchev–Trinajstić information content (AvgIpc) is 2.79. The van der Waals surface area contributed by atoms with Gasteiger partial charge in [-0.2, -0.15) is 0 Å². The molecule has 0 unspecified atom stereocenters. The molecular formula is C28H36O9. The van der Waals surface area contributed by atoms with E-state index in [1.54, 1.807) is 33.8 Å². The highest BCUT2D eigenvalue weighted by molar-refractivity contribution is 6.15. The lowest BCUT2D eigenvalue weighted by molar-refractivity contribution is -0.264. The van der Waals surface area contributed by atoms with Crippen LogP contribution in [0.5, 0.6) is 0 Å². The number of allylic oxidation sites excluding steroid dienone is 3. The van der Waals surface area contributed by atoms with E-state index in [0.717, 1.165) is 7.11 Å². The second-order valence-corrected chi connectivity index (χ2v) is 12.4. The summed E-state index contributed by atoms with van der Waals surface area (Å²) in [4.78, 5) is 65.7. The molecule has 9 atom stereocenters. The summed E-state index contributed by atoms with van der Waals surface area (Å²) in [5.41, 5.74) is -6.51. The second kappa shape index (κ2) is 7.85. The number of hydrogen-bond acceptors (Lipinski definition) is 9. The number of cyclic esters (lactones) is 1. The molecule has 1 saturated heterocycles. The number of aliphatic hydroxyl groups excluding tert-OH is 1. The Kier molecular flexibility index (Phi) is 5.78. The van der Waals surface area contributed by atoms with Gasteiger partial charge < -0.3 is 19.3 Å². The van der Waals surface area contributed by atoms with Gasteiger partial charge in [-0.1, -0.05) is 45.9 Å². The van der Waals surface area contributed by atoms with Crippen molar-refractivity contribution in [2.24, 2.45) is 39.4 Å². The molecule has 9 heteroatoms. The lowest BCUT2D eigenvalue weighted by Gasteiger charge is -2.69. The highest BCUT2D eigenvalue weighted by Crippen LogP contribution is 2.71. The molecule has 0 amide bonds. The predicted octanol–water partition coefficient (Wildman–Crippen LogP) is 2.34. The number of carbonyl (C=O) groups excluding carboxylic acids is 5. The van der Waals surface area contributed by atoms with E-state index in [-0.39, 0.29) is 12.2 Å². The molecule has 202 valence electrons. The van der Waals surface area contributed by atoms with Crippen molar-refractivity contribution in [2.45, 2.75) is 72.7 Å². The molecule has 4 rings (SSSR count). The van der Waals surface area contributed by atoms with Gasteiger partial charge >= 0.3 is 17.9 Å². The van der Waals surface area contributed by atoms with E-state index in [0.29, 0.717) is 5.57 Å². The fraction of sp³-hybridized carbons (Fsp3) is 0.679. The second-order valence-electron chi connectivity index (χ2n) is 12.4. The molecule has 0 bridgehead atoms. The summed E-state index contributed by atoms with van der Waals surface area (Å²) in [6.45, 7) is 15.3. The third-order valence-corrected chi connectivity index (χ3v) is 10.2. The molecule has 0 radical (unpaired) electrons. The fourth-order valence-electron chi connectivity index (χ4n) is 8.35. The molecule has 3 fully saturated rings. The first-order valence-electron chi connectivity index (χ1n) is 12.5. The molecule has 0 spiro atoms. The van der Waals surface area contributed by atoms with Crippen LogP contribution in [-0.4, -0.2) is 59.5 Å². The van der Waals surface area contributed by atoms with Crippen LogP contribution in [-0.2, 0) is 38.2 Å². The zero-order chi connectivity index (χ0) is 28.1. The molecule has 0 aromatic carbocycles. The number of methoxy groups -OCH3 is 1. The van der Waals surface area contributed by atoms with Crippen LogP contribution in [0.1, 0.15) is 54.9 Å². The summed E-state index contributed by atoms with van der Waals surface area (Å²) >= 11 is 0. The van der Waals surface area contributed by atoms with E-state index in [1.807, 2.05) is 6.92 Å². The minimum absolute atomic E-state index is 0.163. The lowest BCUT2D eigenvalue weighted by Crippen LogP contribution is -2.76. The molecular weight excluding hydrogens is 480 g/mol. The van der Waals surface area contributed by atoms with Crippen LogP contribution in [0, 0.1) is 39.4 Å². The Labute approximate surface area is 216 Å². The van der Waals surface area contributed by atoms with E-state index in [4.69, 9.17) is 14.2 Å². The lowest BCUT2D eigenvalue weighted by atomic mass is 9.35. The van der Waals surface area contributed by atoms with Gasteiger partial charge in [0.25, 0.3) is 5.60 Å². The number of Topliss-reactive ketones (excluding diaryl/α,β-unsaturated/α-hetero) is 1. The Morgan fingerprint density at radius 1 is 1.11 bits per heavy atom. The Balaban J connectivity index is 1.99. The number of fused-ring (bicyclic) bond motifs is 5. The predicted molar refractivity (Wildman–Crippen MR) is 130 cm³/mol. The van der Waals surface area contributed by atoms with Gasteiger partial charge in [0.2, 0.25) is 0 Å². The zero-order valence-electron chi connectivity index (χ0n) is 22.7. The third-order valence-electron chi connectivity index (χ3n) is 10.2. The number of esters is 3. The third kappa shape index (κ3) is 3.09. The topological polar surface area (TPSA) is 133 Å². The van der Waals surface area contributed by atoms with Crippen molar-refractivity contribution >= 4 is 29.5 Å². The van der Waals surface area contributed by atoms with Crippen molar-refractivity contribution < 1.29 is 43.3 Å². The van der Waals surface area contributed by atoms with Crippen molar-refractivity contribution in [1.29, 1.82) is 0 Å². The summed E-state index contributed by atoms with van der Waals surface area (Å²) < 4.78 is 16.0. The monoisotopic (exact) mass is 516 g/mol. The highest BCUT2D eigenvalue weighted by atomic mass is 16.6. The first kappa shape index (κ1) is 27.2. The molecule has 9 nitrogen and oxygen atoms in total. The molecule has 37 heavy (non-hydrogen) atoms. The molecule has 3 aliphatic carbocycles. The molecule has 2 saturated carbocycles. The summed E-state index contributed by atoms with van der Waals surface area (Å²) in [6.07, 6.45) is 0.930. The Morgan fingerprint density at radius 3 is 2.24 bits per heavy atom. The number of aliphatic hydroxyl groups is 1. The van der Waals surface area contributed by atoms with Crippen molar-refractivity contribution in [3.8, 4) is 0 Å². The van der Waals surface area contributed by atoms with Gasteiger partial charge in [0.05, 0.1) is 24.5 Å². The maximum atomic E-state index is 14.0. The summed E-state index contributed by atoms with van der Waals surface area (Å²) in [6, 6.07) is 0. The Hall–Kier alpha value is -2.81. The van der Waals surface area contributed by atoms with Crippen molar-refractivity contribution in [3.05, 3.63) is 24.3 Å². The molecule has 4 aliphatic rings. The first-order valence-corrected chi connectivity index (χ1v) is 12.5. The van der Waals surface area contributed by atoms with E-state index < -0.39 is 80.9 Å². The van der Waals surface area contributed by atoms with Gasteiger partial charge in [-0.3, -0.25) is 19.2 Å². The van der Waals surface area contributed by atoms with Gasteiger partial charge in [0.15, 0.2) is 11.6 Å². The largest absolute Gasteiger partial charge is 0.466 e.